The summed E-state index contributed by atoms with van der Waals surface area (Å²) in [6.45, 7) is 11.9. The fourth-order valence-corrected chi connectivity index (χ4v) is 4.72. The van der Waals surface area contributed by atoms with Crippen LogP contribution in [0, 0.1) is 5.41 Å². The summed E-state index contributed by atoms with van der Waals surface area (Å²) in [6, 6.07) is 12.8. The van der Waals surface area contributed by atoms with Gasteiger partial charge in [0.05, 0.1) is 13.2 Å². The van der Waals surface area contributed by atoms with Gasteiger partial charge in [-0.25, -0.2) is 0 Å². The lowest BCUT2D eigenvalue weighted by molar-refractivity contribution is -0.129. The zero-order valence-corrected chi connectivity index (χ0v) is 19.0. The third-order valence-electron chi connectivity index (χ3n) is 5.49. The molecule has 3 rings (SSSR count). The van der Waals surface area contributed by atoms with Crippen molar-refractivity contribution in [1.82, 2.24) is 10.2 Å². The largest absolute Gasteiger partial charge is 0.497 e. The van der Waals surface area contributed by atoms with Gasteiger partial charge in [0.15, 0.2) is 0 Å². The standard InChI is InChI=1S/C23H33N3O2S/c1-17(24-22(27)23(2,3)4)21(20-7-6-16-29-20)26-14-12-25(13-15-26)18-8-10-19(28-5)11-9-18/h6-11,16-17,21H,12-15H2,1-5H3,(H,24,27)/t17-,21+/m0/s1. The maximum Gasteiger partial charge on any atom is 0.225 e. The van der Waals surface area contributed by atoms with Gasteiger partial charge in [-0.1, -0.05) is 26.8 Å². The molecule has 1 aliphatic rings. The number of amides is 1. The monoisotopic (exact) mass is 415 g/mol. The Labute approximate surface area is 178 Å². The fourth-order valence-electron chi connectivity index (χ4n) is 3.76. The number of piperazine rings is 1. The lowest BCUT2D eigenvalue weighted by Gasteiger charge is -2.42. The molecule has 158 valence electrons. The van der Waals surface area contributed by atoms with Crippen LogP contribution < -0.4 is 15.0 Å². The van der Waals surface area contributed by atoms with Gasteiger partial charge in [0.1, 0.15) is 5.75 Å². The number of carbonyl (C=O) groups excluding carboxylic acids is 1. The van der Waals surface area contributed by atoms with E-state index in [1.165, 1.54) is 10.6 Å². The van der Waals surface area contributed by atoms with Crippen molar-refractivity contribution in [3.8, 4) is 5.75 Å². The van der Waals surface area contributed by atoms with E-state index in [0.717, 1.165) is 31.9 Å². The second-order valence-electron chi connectivity index (χ2n) is 8.69. The predicted molar refractivity (Wildman–Crippen MR) is 121 cm³/mol. The minimum Gasteiger partial charge on any atom is -0.497 e. The van der Waals surface area contributed by atoms with Crippen molar-refractivity contribution in [2.75, 3.05) is 38.2 Å². The Morgan fingerprint density at radius 1 is 1.10 bits per heavy atom. The van der Waals surface area contributed by atoms with Gasteiger partial charge in [-0.3, -0.25) is 9.69 Å². The molecule has 1 N–H and O–H groups in total. The van der Waals surface area contributed by atoms with Crippen LogP contribution in [-0.4, -0.2) is 50.1 Å². The summed E-state index contributed by atoms with van der Waals surface area (Å²) in [6.07, 6.45) is 0. The fraction of sp³-hybridized carbons (Fsp3) is 0.522. The van der Waals surface area contributed by atoms with Gasteiger partial charge in [0.2, 0.25) is 5.91 Å². The van der Waals surface area contributed by atoms with Crippen LogP contribution in [0.5, 0.6) is 5.75 Å². The Bertz CT molecular complexity index is 775. The highest BCUT2D eigenvalue weighted by Gasteiger charge is 2.32. The number of hydrogen-bond donors (Lipinski definition) is 1. The Morgan fingerprint density at radius 3 is 2.28 bits per heavy atom. The number of anilines is 1. The Morgan fingerprint density at radius 2 is 1.76 bits per heavy atom. The van der Waals surface area contributed by atoms with Gasteiger partial charge in [-0.2, -0.15) is 0 Å². The van der Waals surface area contributed by atoms with Crippen LogP contribution in [-0.2, 0) is 4.79 Å². The molecule has 2 atom stereocenters. The molecule has 6 heteroatoms. The summed E-state index contributed by atoms with van der Waals surface area (Å²) in [7, 11) is 1.69. The van der Waals surface area contributed by atoms with E-state index in [2.05, 4.69) is 51.7 Å². The molecule has 0 saturated carbocycles. The van der Waals surface area contributed by atoms with E-state index in [1.54, 1.807) is 18.4 Å². The van der Waals surface area contributed by atoms with Gasteiger partial charge in [-0.15, -0.1) is 11.3 Å². The average molecular weight is 416 g/mol. The van der Waals surface area contributed by atoms with Crippen molar-refractivity contribution in [3.63, 3.8) is 0 Å². The summed E-state index contributed by atoms with van der Waals surface area (Å²) >= 11 is 1.77. The van der Waals surface area contributed by atoms with Crippen LogP contribution in [0.3, 0.4) is 0 Å². The van der Waals surface area contributed by atoms with Crippen molar-refractivity contribution in [1.29, 1.82) is 0 Å². The number of rotatable bonds is 6. The summed E-state index contributed by atoms with van der Waals surface area (Å²) in [5.41, 5.74) is 0.841. The lowest BCUT2D eigenvalue weighted by Crippen LogP contribution is -2.53. The first-order valence-corrected chi connectivity index (χ1v) is 11.1. The number of carbonyl (C=O) groups is 1. The van der Waals surface area contributed by atoms with Crippen LogP contribution in [0.4, 0.5) is 5.69 Å². The Kier molecular flexibility index (Phi) is 6.85. The third kappa shape index (κ3) is 5.31. The molecule has 0 aliphatic carbocycles. The van der Waals surface area contributed by atoms with Crippen LogP contribution in [0.15, 0.2) is 41.8 Å². The highest BCUT2D eigenvalue weighted by Crippen LogP contribution is 2.31. The number of nitrogens with one attached hydrogen (secondary N) is 1. The van der Waals surface area contributed by atoms with Crippen LogP contribution in [0.2, 0.25) is 0 Å². The molecule has 29 heavy (non-hydrogen) atoms. The molecule has 0 spiro atoms. The second-order valence-corrected chi connectivity index (χ2v) is 9.67. The highest BCUT2D eigenvalue weighted by atomic mass is 32.1. The molecule has 0 bridgehead atoms. The molecule has 5 nitrogen and oxygen atoms in total. The van der Waals surface area contributed by atoms with Crippen molar-refractivity contribution in [2.45, 2.75) is 39.8 Å². The minimum atomic E-state index is -0.388. The number of ether oxygens (including phenoxy) is 1. The molecule has 2 heterocycles. The number of benzene rings is 1. The summed E-state index contributed by atoms with van der Waals surface area (Å²) in [5, 5.41) is 5.38. The molecule has 1 aromatic carbocycles. The summed E-state index contributed by atoms with van der Waals surface area (Å²) < 4.78 is 5.27. The van der Waals surface area contributed by atoms with Crippen LogP contribution in [0.25, 0.3) is 0 Å². The molecule has 1 fully saturated rings. The highest BCUT2D eigenvalue weighted by molar-refractivity contribution is 7.10. The summed E-state index contributed by atoms with van der Waals surface area (Å²) in [5.74, 6) is 0.983. The number of methoxy groups -OCH3 is 1. The molecular weight excluding hydrogens is 382 g/mol. The second kappa shape index (κ2) is 9.18. The number of nitrogens with zero attached hydrogens (tertiary/aromatic N) is 2. The van der Waals surface area contributed by atoms with E-state index in [0.29, 0.717) is 0 Å². The third-order valence-corrected chi connectivity index (χ3v) is 6.44. The van der Waals surface area contributed by atoms with E-state index < -0.39 is 0 Å². The first kappa shape index (κ1) is 21.7. The number of thiophene rings is 1. The smallest absolute Gasteiger partial charge is 0.225 e. The first-order chi connectivity index (χ1) is 13.8. The zero-order valence-electron chi connectivity index (χ0n) is 18.1. The van der Waals surface area contributed by atoms with E-state index in [-0.39, 0.29) is 23.4 Å². The van der Waals surface area contributed by atoms with Gasteiger partial charge < -0.3 is 15.0 Å². The maximum absolute atomic E-state index is 12.6. The normalized spacial score (nSPS) is 17.6. The molecule has 0 unspecified atom stereocenters. The van der Waals surface area contributed by atoms with Gasteiger partial charge in [-0.05, 0) is 42.6 Å². The van der Waals surface area contributed by atoms with Gasteiger partial charge in [0.25, 0.3) is 0 Å². The van der Waals surface area contributed by atoms with E-state index in [9.17, 15) is 4.79 Å². The van der Waals surface area contributed by atoms with E-state index in [4.69, 9.17) is 4.74 Å². The van der Waals surface area contributed by atoms with E-state index in [1.807, 2.05) is 32.9 Å². The zero-order chi connectivity index (χ0) is 21.0. The van der Waals surface area contributed by atoms with Crippen molar-refractivity contribution in [2.24, 2.45) is 5.41 Å². The topological polar surface area (TPSA) is 44.8 Å². The molecule has 1 aliphatic heterocycles. The Hall–Kier alpha value is -2.05. The predicted octanol–water partition coefficient (Wildman–Crippen LogP) is 4.17. The molecule has 0 radical (unpaired) electrons. The number of hydrogen-bond acceptors (Lipinski definition) is 5. The molecule has 2 aromatic rings. The molecule has 1 saturated heterocycles. The van der Waals surface area contributed by atoms with Gasteiger partial charge >= 0.3 is 0 Å². The van der Waals surface area contributed by atoms with Gasteiger partial charge in [0, 0.05) is 48.2 Å². The Balaban J connectivity index is 1.69. The molecule has 1 aromatic heterocycles. The van der Waals surface area contributed by atoms with E-state index >= 15 is 0 Å². The van der Waals surface area contributed by atoms with Crippen LogP contribution >= 0.6 is 11.3 Å². The average Bonchev–Trinajstić information content (AvgIpc) is 3.22. The van der Waals surface area contributed by atoms with Crippen LogP contribution in [0.1, 0.15) is 38.6 Å². The van der Waals surface area contributed by atoms with Crippen molar-refractivity contribution < 1.29 is 9.53 Å². The SMILES string of the molecule is COc1ccc(N2CCN([C@@H](c3cccs3)[C@H](C)NC(=O)C(C)(C)C)CC2)cc1. The lowest BCUT2D eigenvalue weighted by atomic mass is 9.94. The summed E-state index contributed by atoms with van der Waals surface area (Å²) in [4.78, 5) is 18.8. The minimum absolute atomic E-state index is 0.0490. The quantitative estimate of drug-likeness (QED) is 0.769. The molecular formula is C23H33N3O2S. The van der Waals surface area contributed by atoms with Crippen molar-refractivity contribution >= 4 is 22.9 Å². The van der Waals surface area contributed by atoms with Crippen molar-refractivity contribution in [3.05, 3.63) is 46.7 Å². The maximum atomic E-state index is 12.6. The first-order valence-electron chi connectivity index (χ1n) is 10.3. The molecule has 1 amide bonds.